The van der Waals surface area contributed by atoms with Crippen LogP contribution in [0.1, 0.15) is 25.3 Å². The summed E-state index contributed by atoms with van der Waals surface area (Å²) in [5, 5.41) is 4.31. The Hall–Kier alpha value is -0.530. The molecule has 1 heterocycles. The van der Waals surface area contributed by atoms with Crippen LogP contribution >= 0.6 is 11.6 Å². The van der Waals surface area contributed by atoms with Crippen molar-refractivity contribution in [2.24, 2.45) is 5.41 Å². The molecular weight excluding hydrogens is 206 g/mol. The smallest absolute Gasteiger partial charge is 0.0406 e. The topological polar surface area (TPSA) is 12.0 Å². The largest absolute Gasteiger partial charge is 0.316 e. The third-order valence-corrected chi connectivity index (χ3v) is 3.48. The molecule has 1 aromatic rings. The quantitative estimate of drug-likeness (QED) is 0.812. The van der Waals surface area contributed by atoms with Crippen molar-refractivity contribution in [3.63, 3.8) is 0 Å². The van der Waals surface area contributed by atoms with E-state index < -0.39 is 0 Å². The number of benzene rings is 1. The van der Waals surface area contributed by atoms with Crippen LogP contribution in [0.2, 0.25) is 5.02 Å². The number of piperidine rings is 1. The summed E-state index contributed by atoms with van der Waals surface area (Å²) in [6, 6.07) is 8.25. The molecule has 0 aromatic heterocycles. The van der Waals surface area contributed by atoms with Crippen molar-refractivity contribution < 1.29 is 0 Å². The standard InChI is InChI=1S/C13H18ClN/c1-13(7-2-8-15-10-13)9-11-3-5-12(14)6-4-11/h3-6,15H,2,7-10H2,1H3. The molecule has 0 aliphatic carbocycles. The third kappa shape index (κ3) is 2.96. The average molecular weight is 224 g/mol. The maximum Gasteiger partial charge on any atom is 0.0406 e. The molecule has 1 N–H and O–H groups in total. The minimum Gasteiger partial charge on any atom is -0.316 e. The first-order chi connectivity index (χ1) is 7.18. The lowest BCUT2D eigenvalue weighted by atomic mass is 9.78. The molecule has 1 atom stereocenters. The van der Waals surface area contributed by atoms with Gasteiger partial charge in [0.15, 0.2) is 0 Å². The Labute approximate surface area is 96.8 Å². The molecular formula is C13H18ClN. The minimum absolute atomic E-state index is 0.423. The zero-order chi connectivity index (χ0) is 10.7. The number of hydrogen-bond acceptors (Lipinski definition) is 1. The monoisotopic (exact) mass is 223 g/mol. The van der Waals surface area contributed by atoms with Crippen LogP contribution in [-0.4, -0.2) is 13.1 Å². The molecule has 1 aliphatic heterocycles. The van der Waals surface area contributed by atoms with Crippen LogP contribution in [0.15, 0.2) is 24.3 Å². The molecule has 1 saturated heterocycles. The highest BCUT2D eigenvalue weighted by molar-refractivity contribution is 6.30. The number of halogens is 1. The van der Waals surface area contributed by atoms with E-state index in [2.05, 4.69) is 24.4 Å². The Morgan fingerprint density at radius 2 is 2.07 bits per heavy atom. The number of hydrogen-bond donors (Lipinski definition) is 1. The predicted octanol–water partition coefficient (Wildman–Crippen LogP) is 3.27. The zero-order valence-electron chi connectivity index (χ0n) is 9.22. The summed E-state index contributed by atoms with van der Waals surface area (Å²) in [6.07, 6.45) is 3.77. The van der Waals surface area contributed by atoms with Crippen LogP contribution in [-0.2, 0) is 6.42 Å². The van der Waals surface area contributed by atoms with Gasteiger partial charge in [-0.25, -0.2) is 0 Å². The fourth-order valence-corrected chi connectivity index (χ4v) is 2.49. The summed E-state index contributed by atoms with van der Waals surface area (Å²) in [7, 11) is 0. The lowest BCUT2D eigenvalue weighted by molar-refractivity contribution is 0.235. The van der Waals surface area contributed by atoms with Gasteiger partial charge in [0.1, 0.15) is 0 Å². The first-order valence-electron chi connectivity index (χ1n) is 5.63. The Kier molecular flexibility index (Phi) is 3.32. The van der Waals surface area contributed by atoms with Gasteiger partial charge in [-0.15, -0.1) is 0 Å². The van der Waals surface area contributed by atoms with Crippen molar-refractivity contribution in [3.05, 3.63) is 34.9 Å². The summed E-state index contributed by atoms with van der Waals surface area (Å²) in [5.74, 6) is 0. The maximum absolute atomic E-state index is 5.88. The van der Waals surface area contributed by atoms with Crippen LogP contribution in [0.4, 0.5) is 0 Å². The van der Waals surface area contributed by atoms with Crippen molar-refractivity contribution in [2.45, 2.75) is 26.2 Å². The van der Waals surface area contributed by atoms with E-state index in [9.17, 15) is 0 Å². The molecule has 0 amide bonds. The molecule has 2 heteroatoms. The van der Waals surface area contributed by atoms with Crippen LogP contribution < -0.4 is 5.32 Å². The van der Waals surface area contributed by atoms with E-state index in [4.69, 9.17) is 11.6 Å². The highest BCUT2D eigenvalue weighted by atomic mass is 35.5. The third-order valence-electron chi connectivity index (χ3n) is 3.23. The lowest BCUT2D eigenvalue weighted by Crippen LogP contribution is -2.39. The summed E-state index contributed by atoms with van der Waals surface area (Å²) in [6.45, 7) is 4.68. The van der Waals surface area contributed by atoms with E-state index in [0.29, 0.717) is 5.41 Å². The zero-order valence-corrected chi connectivity index (χ0v) is 9.98. The molecule has 0 spiro atoms. The molecule has 1 aromatic carbocycles. The van der Waals surface area contributed by atoms with Gasteiger partial charge in [-0.1, -0.05) is 30.7 Å². The van der Waals surface area contributed by atoms with Crippen molar-refractivity contribution >= 4 is 11.6 Å². The Bertz CT molecular complexity index is 312. The lowest BCUT2D eigenvalue weighted by Gasteiger charge is -2.34. The van der Waals surface area contributed by atoms with Crippen molar-refractivity contribution in [1.82, 2.24) is 5.32 Å². The predicted molar refractivity (Wildman–Crippen MR) is 65.4 cm³/mol. The summed E-state index contributed by atoms with van der Waals surface area (Å²) < 4.78 is 0. The van der Waals surface area contributed by atoms with Crippen LogP contribution in [0.5, 0.6) is 0 Å². The number of rotatable bonds is 2. The highest BCUT2D eigenvalue weighted by Crippen LogP contribution is 2.30. The minimum atomic E-state index is 0.423. The van der Waals surface area contributed by atoms with Gasteiger partial charge in [-0.2, -0.15) is 0 Å². The van der Waals surface area contributed by atoms with E-state index in [1.54, 1.807) is 0 Å². The molecule has 0 bridgehead atoms. The summed E-state index contributed by atoms with van der Waals surface area (Å²) in [4.78, 5) is 0. The molecule has 0 saturated carbocycles. The SMILES string of the molecule is CC1(Cc2ccc(Cl)cc2)CCCNC1. The molecule has 1 fully saturated rings. The van der Waals surface area contributed by atoms with E-state index in [1.807, 2.05) is 12.1 Å². The van der Waals surface area contributed by atoms with Gasteiger partial charge in [0, 0.05) is 11.6 Å². The average Bonchev–Trinajstić information content (AvgIpc) is 2.22. The molecule has 1 unspecified atom stereocenters. The van der Waals surface area contributed by atoms with Crippen LogP contribution in [0.25, 0.3) is 0 Å². The van der Waals surface area contributed by atoms with E-state index in [-0.39, 0.29) is 0 Å². The van der Waals surface area contributed by atoms with Crippen molar-refractivity contribution in [2.75, 3.05) is 13.1 Å². The normalized spacial score (nSPS) is 26.5. The molecule has 1 nitrogen and oxygen atoms in total. The van der Waals surface area contributed by atoms with Crippen LogP contribution in [0, 0.1) is 5.41 Å². The van der Waals surface area contributed by atoms with Crippen LogP contribution in [0.3, 0.4) is 0 Å². The fraction of sp³-hybridized carbons (Fsp3) is 0.538. The van der Waals surface area contributed by atoms with Gasteiger partial charge in [0.25, 0.3) is 0 Å². The number of nitrogens with one attached hydrogen (secondary N) is 1. The highest BCUT2D eigenvalue weighted by Gasteiger charge is 2.26. The first-order valence-corrected chi connectivity index (χ1v) is 6.01. The first kappa shape index (κ1) is 11.0. The van der Waals surface area contributed by atoms with Gasteiger partial charge in [0.2, 0.25) is 0 Å². The maximum atomic E-state index is 5.88. The van der Waals surface area contributed by atoms with Gasteiger partial charge in [0.05, 0.1) is 0 Å². The van der Waals surface area contributed by atoms with Gasteiger partial charge < -0.3 is 5.32 Å². The molecule has 2 rings (SSSR count). The Balaban J connectivity index is 2.03. The van der Waals surface area contributed by atoms with E-state index in [0.717, 1.165) is 18.0 Å². The molecule has 15 heavy (non-hydrogen) atoms. The molecule has 0 radical (unpaired) electrons. The van der Waals surface area contributed by atoms with Crippen molar-refractivity contribution in [1.29, 1.82) is 0 Å². The molecule has 82 valence electrons. The second-order valence-corrected chi connectivity index (χ2v) is 5.33. The van der Waals surface area contributed by atoms with E-state index >= 15 is 0 Å². The fourth-order valence-electron chi connectivity index (χ4n) is 2.36. The molecule has 1 aliphatic rings. The second kappa shape index (κ2) is 4.54. The van der Waals surface area contributed by atoms with Gasteiger partial charge in [-0.3, -0.25) is 0 Å². The Morgan fingerprint density at radius 1 is 1.33 bits per heavy atom. The van der Waals surface area contributed by atoms with Crippen molar-refractivity contribution in [3.8, 4) is 0 Å². The van der Waals surface area contributed by atoms with E-state index in [1.165, 1.54) is 24.9 Å². The van der Waals surface area contributed by atoms with Gasteiger partial charge in [-0.05, 0) is 48.9 Å². The summed E-state index contributed by atoms with van der Waals surface area (Å²) >= 11 is 5.88. The van der Waals surface area contributed by atoms with Gasteiger partial charge >= 0.3 is 0 Å². The summed E-state index contributed by atoms with van der Waals surface area (Å²) in [5.41, 5.74) is 1.82. The second-order valence-electron chi connectivity index (χ2n) is 4.89. The Morgan fingerprint density at radius 3 is 2.67 bits per heavy atom.